The fraction of sp³-hybridized carbons (Fsp3) is 0.185. The third-order valence-electron chi connectivity index (χ3n) is 5.95. The van der Waals surface area contributed by atoms with Crippen molar-refractivity contribution in [2.24, 2.45) is 10.1 Å². The van der Waals surface area contributed by atoms with Crippen LogP contribution in [-0.4, -0.2) is 35.5 Å². The number of nitrogens with two attached hydrogens (primary N) is 1. The predicted molar refractivity (Wildman–Crippen MR) is 145 cm³/mol. The number of benzene rings is 3. The zero-order valence-electron chi connectivity index (χ0n) is 20.5. The van der Waals surface area contributed by atoms with Crippen molar-refractivity contribution in [3.05, 3.63) is 101 Å². The summed E-state index contributed by atoms with van der Waals surface area (Å²) in [4.78, 5) is 16.8. The van der Waals surface area contributed by atoms with E-state index in [0.29, 0.717) is 25.3 Å². The quantitative estimate of drug-likeness (QED) is 0.104. The van der Waals surface area contributed by atoms with Crippen LogP contribution in [0.4, 0.5) is 14.5 Å². The number of hydrazone groups is 1. The van der Waals surface area contributed by atoms with Crippen LogP contribution in [0.15, 0.2) is 82.9 Å². The molecule has 0 aromatic heterocycles. The Hall–Kier alpha value is -4.43. The number of nitrogens with zero attached hydrogens (tertiary/aromatic N) is 4. The minimum atomic E-state index is -1.09. The van der Waals surface area contributed by atoms with Gasteiger partial charge in [-0.2, -0.15) is 10.4 Å². The summed E-state index contributed by atoms with van der Waals surface area (Å²) < 4.78 is 29.0. The molecule has 8 nitrogen and oxygen atoms in total. The molecule has 194 valence electrons. The molecule has 11 heteroatoms. The number of thioether (sulfide) groups is 1. The molecule has 0 saturated heterocycles. The Labute approximate surface area is 223 Å². The first-order valence-corrected chi connectivity index (χ1v) is 12.5. The van der Waals surface area contributed by atoms with Crippen LogP contribution in [0.3, 0.4) is 0 Å². The number of aliphatic imine (C=N–C) groups is 1. The molecule has 1 unspecified atom stereocenters. The second kappa shape index (κ2) is 11.7. The third kappa shape index (κ3) is 5.45. The number of halogens is 2. The third-order valence-corrected chi connectivity index (χ3v) is 7.39. The van der Waals surface area contributed by atoms with Crippen molar-refractivity contribution in [2.75, 3.05) is 19.3 Å². The van der Waals surface area contributed by atoms with Crippen LogP contribution >= 0.6 is 11.8 Å². The number of hydrogen-bond acceptors (Lipinski definition) is 6. The number of carbonyl (C=O) groups is 1. The van der Waals surface area contributed by atoms with Gasteiger partial charge < -0.3 is 11.1 Å². The number of nitrogens with one attached hydrogen (secondary N) is 2. The number of rotatable bonds is 7. The molecule has 38 heavy (non-hydrogen) atoms. The highest BCUT2D eigenvalue weighted by atomic mass is 32.2. The van der Waals surface area contributed by atoms with E-state index in [0.717, 1.165) is 23.8 Å². The highest BCUT2D eigenvalue weighted by Gasteiger charge is 2.49. The van der Waals surface area contributed by atoms with Gasteiger partial charge in [-0.25, -0.2) is 13.8 Å². The van der Waals surface area contributed by atoms with Crippen LogP contribution < -0.4 is 16.4 Å². The van der Waals surface area contributed by atoms with Gasteiger partial charge in [0.05, 0.1) is 5.56 Å². The molecule has 0 fully saturated rings. The van der Waals surface area contributed by atoms with E-state index in [2.05, 4.69) is 20.7 Å². The molecule has 1 aliphatic heterocycles. The number of nitrogen functional groups attached to an aromatic ring is 1. The van der Waals surface area contributed by atoms with Crippen LogP contribution in [-0.2, 0) is 4.87 Å². The Bertz CT molecular complexity index is 1420. The van der Waals surface area contributed by atoms with Gasteiger partial charge >= 0.3 is 0 Å². The van der Waals surface area contributed by atoms with Gasteiger partial charge in [-0.15, -0.1) is 0 Å². The normalized spacial score (nSPS) is 17.1. The van der Waals surface area contributed by atoms with Crippen molar-refractivity contribution in [2.45, 2.75) is 17.7 Å². The van der Waals surface area contributed by atoms with Crippen LogP contribution in [0.5, 0.6) is 0 Å². The number of anilines is 1. The first-order valence-electron chi connectivity index (χ1n) is 11.7. The van der Waals surface area contributed by atoms with E-state index in [9.17, 15) is 13.6 Å². The fourth-order valence-corrected chi connectivity index (χ4v) is 5.55. The molecule has 3 aromatic rings. The molecule has 4 rings (SSSR count). The average molecular weight is 534 g/mol. The largest absolute Gasteiger partial charge is 0.398 e. The average Bonchev–Trinajstić information content (AvgIpc) is 3.32. The first kappa shape index (κ1) is 26.6. The van der Waals surface area contributed by atoms with Crippen LogP contribution in [0.2, 0.25) is 0 Å². The molecule has 0 bridgehead atoms. The van der Waals surface area contributed by atoms with Gasteiger partial charge in [-0.05, 0) is 48.7 Å². The van der Waals surface area contributed by atoms with Gasteiger partial charge in [-0.3, -0.25) is 15.1 Å². The molecule has 1 heterocycles. The molecular formula is C27H25F2N7OS. The molecule has 1 aliphatic rings. The van der Waals surface area contributed by atoms with Gasteiger partial charge in [-0.1, -0.05) is 54.2 Å². The highest BCUT2D eigenvalue weighted by Crippen LogP contribution is 2.51. The van der Waals surface area contributed by atoms with Gasteiger partial charge in [0, 0.05) is 24.8 Å². The molecule has 0 saturated carbocycles. The zero-order valence-corrected chi connectivity index (χ0v) is 21.3. The SMILES string of the molecule is CN=C(NC#N)NCCCC1(c2ccccc2)SC(c2cc(F)ccc2F)=NN1C(=O)c1ccccc1N. The van der Waals surface area contributed by atoms with Crippen LogP contribution in [0.25, 0.3) is 0 Å². The summed E-state index contributed by atoms with van der Waals surface area (Å²) in [5, 5.41) is 20.4. The van der Waals surface area contributed by atoms with Crippen molar-refractivity contribution in [3.63, 3.8) is 0 Å². The van der Waals surface area contributed by atoms with E-state index >= 15 is 0 Å². The number of amides is 1. The minimum Gasteiger partial charge on any atom is -0.398 e. The number of guanidine groups is 1. The van der Waals surface area contributed by atoms with Gasteiger partial charge in [0.2, 0.25) is 5.96 Å². The van der Waals surface area contributed by atoms with E-state index in [1.54, 1.807) is 31.3 Å². The standard InChI is InChI=1S/C27H25F2N7OS/c1-32-26(34-17-30)33-15-7-14-27(18-8-3-2-4-9-18)36(25(37)20-10-5-6-11-23(20)31)35-24(38-27)21-16-19(28)12-13-22(21)29/h2-6,8-13,16H,7,14-15,31H2,1H3,(H2,32,33,34). The van der Waals surface area contributed by atoms with Crippen LogP contribution in [0.1, 0.15) is 34.3 Å². The Morgan fingerprint density at radius 2 is 1.89 bits per heavy atom. The number of carbonyl (C=O) groups excluding carboxylic acids is 1. The summed E-state index contributed by atoms with van der Waals surface area (Å²) >= 11 is 1.18. The Kier molecular flexibility index (Phi) is 8.23. The van der Waals surface area contributed by atoms with E-state index in [-0.39, 0.29) is 21.9 Å². The van der Waals surface area contributed by atoms with Crippen LogP contribution in [0, 0.1) is 23.1 Å². The highest BCUT2D eigenvalue weighted by molar-refractivity contribution is 8.15. The fourth-order valence-electron chi connectivity index (χ4n) is 4.13. The molecule has 1 amide bonds. The van der Waals surface area contributed by atoms with Gasteiger partial charge in [0.25, 0.3) is 5.91 Å². The Morgan fingerprint density at radius 3 is 2.61 bits per heavy atom. The van der Waals surface area contributed by atoms with Crippen molar-refractivity contribution in [1.82, 2.24) is 15.6 Å². The number of hydrogen-bond donors (Lipinski definition) is 3. The molecule has 0 radical (unpaired) electrons. The lowest BCUT2D eigenvalue weighted by atomic mass is 9.99. The lowest BCUT2D eigenvalue weighted by Crippen LogP contribution is -2.42. The van der Waals surface area contributed by atoms with E-state index in [1.807, 2.05) is 36.5 Å². The van der Waals surface area contributed by atoms with E-state index < -0.39 is 22.4 Å². The predicted octanol–water partition coefficient (Wildman–Crippen LogP) is 4.38. The molecule has 0 spiro atoms. The van der Waals surface area contributed by atoms with Gasteiger partial charge in [0.15, 0.2) is 6.19 Å². The monoisotopic (exact) mass is 533 g/mol. The maximum absolute atomic E-state index is 14.9. The Morgan fingerprint density at radius 1 is 1.16 bits per heavy atom. The van der Waals surface area contributed by atoms with E-state index in [1.165, 1.54) is 16.8 Å². The lowest BCUT2D eigenvalue weighted by molar-refractivity contribution is 0.0638. The first-order chi connectivity index (χ1) is 18.4. The van der Waals surface area contributed by atoms with Crippen molar-refractivity contribution >= 4 is 34.4 Å². The number of nitriles is 1. The second-order valence-corrected chi connectivity index (χ2v) is 9.59. The lowest BCUT2D eigenvalue weighted by Gasteiger charge is -2.36. The topological polar surface area (TPSA) is 119 Å². The van der Waals surface area contributed by atoms with Crippen molar-refractivity contribution in [1.29, 1.82) is 5.26 Å². The maximum atomic E-state index is 14.9. The van der Waals surface area contributed by atoms with Crippen molar-refractivity contribution < 1.29 is 13.6 Å². The van der Waals surface area contributed by atoms with Crippen molar-refractivity contribution in [3.8, 4) is 6.19 Å². The summed E-state index contributed by atoms with van der Waals surface area (Å²) in [5.41, 5.74) is 7.37. The summed E-state index contributed by atoms with van der Waals surface area (Å²) in [6.07, 6.45) is 2.70. The molecule has 4 N–H and O–H groups in total. The molecule has 3 aromatic carbocycles. The summed E-state index contributed by atoms with van der Waals surface area (Å²) in [6, 6.07) is 19.1. The molecule has 0 aliphatic carbocycles. The maximum Gasteiger partial charge on any atom is 0.277 e. The number of para-hydroxylation sites is 1. The second-order valence-electron chi connectivity index (χ2n) is 8.33. The summed E-state index contributed by atoms with van der Waals surface area (Å²) in [6.45, 7) is 0.412. The minimum absolute atomic E-state index is 0.0385. The zero-order chi connectivity index (χ0) is 27.1. The summed E-state index contributed by atoms with van der Waals surface area (Å²) in [7, 11) is 1.54. The molecule has 1 atom stereocenters. The Balaban J connectivity index is 1.78. The summed E-state index contributed by atoms with van der Waals surface area (Å²) in [5.74, 6) is -1.43. The smallest absolute Gasteiger partial charge is 0.277 e. The molecular weight excluding hydrogens is 508 g/mol. The van der Waals surface area contributed by atoms with Gasteiger partial charge in [0.1, 0.15) is 21.5 Å². The van der Waals surface area contributed by atoms with E-state index in [4.69, 9.17) is 11.0 Å².